The Kier molecular flexibility index (Phi) is 6.54. The number of hydrogen-bond donors (Lipinski definition) is 0. The highest BCUT2D eigenvalue weighted by Gasteiger charge is 2.00. The number of hydrogen-bond acceptors (Lipinski definition) is 3. The highest BCUT2D eigenvalue weighted by atomic mass is 16.9. The van der Waals surface area contributed by atoms with Crippen LogP contribution in [0, 0.1) is 6.92 Å². The third-order valence-corrected chi connectivity index (χ3v) is 2.24. The first-order chi connectivity index (χ1) is 8.77. The van der Waals surface area contributed by atoms with Crippen LogP contribution in [0.2, 0.25) is 0 Å². The van der Waals surface area contributed by atoms with E-state index in [-0.39, 0.29) is 0 Å². The van der Waals surface area contributed by atoms with Gasteiger partial charge in [-0.15, -0.1) is 5.23 Å². The standard InChI is InChI=1S/C8H11NO2.C7H8/c1-10-9(11-2)8-6-4-3-5-7-8;1-7-5-3-2-4-6-7/h3-7H,1-2H3;2-6H,1H3. The molecule has 18 heavy (non-hydrogen) atoms. The summed E-state index contributed by atoms with van der Waals surface area (Å²) in [6.07, 6.45) is 0. The van der Waals surface area contributed by atoms with Gasteiger partial charge < -0.3 is 0 Å². The molecule has 2 rings (SSSR count). The summed E-state index contributed by atoms with van der Waals surface area (Å²) in [6, 6.07) is 19.8. The summed E-state index contributed by atoms with van der Waals surface area (Å²) in [6.45, 7) is 2.08. The number of nitrogens with zero attached hydrogens (tertiary/aromatic N) is 1. The lowest BCUT2D eigenvalue weighted by atomic mass is 10.2. The second kappa shape index (κ2) is 8.28. The maximum Gasteiger partial charge on any atom is 0.0947 e. The Hall–Kier alpha value is -1.84. The molecule has 0 aliphatic rings. The topological polar surface area (TPSA) is 21.7 Å². The molecule has 0 bridgehead atoms. The molecular weight excluding hydrogens is 226 g/mol. The minimum atomic E-state index is 0.873. The van der Waals surface area contributed by atoms with Crippen LogP contribution in [-0.2, 0) is 9.68 Å². The summed E-state index contributed by atoms with van der Waals surface area (Å²) < 4.78 is 0. The molecule has 0 N–H and O–H groups in total. The van der Waals surface area contributed by atoms with Crippen LogP contribution in [0.25, 0.3) is 0 Å². The van der Waals surface area contributed by atoms with Crippen LogP contribution in [0.15, 0.2) is 60.7 Å². The van der Waals surface area contributed by atoms with Gasteiger partial charge in [-0.2, -0.15) is 0 Å². The van der Waals surface area contributed by atoms with Gasteiger partial charge in [0.05, 0.1) is 19.9 Å². The van der Waals surface area contributed by atoms with Gasteiger partial charge in [0.2, 0.25) is 0 Å². The molecule has 0 amide bonds. The fraction of sp³-hybridized carbons (Fsp3) is 0.200. The van der Waals surface area contributed by atoms with Gasteiger partial charge in [-0.05, 0) is 19.1 Å². The molecule has 3 nitrogen and oxygen atoms in total. The van der Waals surface area contributed by atoms with E-state index >= 15 is 0 Å². The minimum Gasteiger partial charge on any atom is -0.252 e. The lowest BCUT2D eigenvalue weighted by Crippen LogP contribution is -2.19. The van der Waals surface area contributed by atoms with E-state index in [0.717, 1.165) is 5.69 Å². The Morgan fingerprint density at radius 1 is 0.722 bits per heavy atom. The molecule has 3 heteroatoms. The normalized spacial score (nSPS) is 9.28. The second-order valence-electron chi connectivity index (χ2n) is 3.61. The van der Waals surface area contributed by atoms with Crippen molar-refractivity contribution in [1.82, 2.24) is 0 Å². The fourth-order valence-corrected chi connectivity index (χ4v) is 1.37. The van der Waals surface area contributed by atoms with Gasteiger partial charge in [0.15, 0.2) is 0 Å². The van der Waals surface area contributed by atoms with Gasteiger partial charge in [-0.25, -0.2) is 0 Å². The van der Waals surface area contributed by atoms with E-state index in [2.05, 4.69) is 19.1 Å². The van der Waals surface area contributed by atoms with Crippen LogP contribution in [0.1, 0.15) is 5.56 Å². The Morgan fingerprint density at radius 2 is 1.17 bits per heavy atom. The number of anilines is 1. The Morgan fingerprint density at radius 3 is 1.50 bits per heavy atom. The summed E-state index contributed by atoms with van der Waals surface area (Å²) in [4.78, 5) is 9.79. The van der Waals surface area contributed by atoms with Gasteiger partial charge in [-0.3, -0.25) is 9.68 Å². The maximum atomic E-state index is 4.90. The third-order valence-electron chi connectivity index (χ3n) is 2.24. The molecule has 2 aromatic rings. The van der Waals surface area contributed by atoms with Crippen molar-refractivity contribution < 1.29 is 9.68 Å². The van der Waals surface area contributed by atoms with Crippen molar-refractivity contribution >= 4 is 5.69 Å². The largest absolute Gasteiger partial charge is 0.252 e. The van der Waals surface area contributed by atoms with Gasteiger partial charge in [0, 0.05) is 0 Å². The first-order valence-electron chi connectivity index (χ1n) is 5.73. The fourth-order valence-electron chi connectivity index (χ4n) is 1.37. The smallest absolute Gasteiger partial charge is 0.0947 e. The molecule has 0 saturated heterocycles. The SMILES string of the molecule is CON(OC)c1ccccc1.Cc1ccccc1. The number of benzene rings is 2. The van der Waals surface area contributed by atoms with Crippen molar-refractivity contribution in [2.24, 2.45) is 0 Å². The number of aryl methyl sites for hydroxylation is 1. The van der Waals surface area contributed by atoms with Crippen molar-refractivity contribution in [1.29, 1.82) is 0 Å². The summed E-state index contributed by atoms with van der Waals surface area (Å²) in [7, 11) is 3.10. The van der Waals surface area contributed by atoms with Crippen molar-refractivity contribution in [2.75, 3.05) is 19.4 Å². The second-order valence-corrected chi connectivity index (χ2v) is 3.61. The quantitative estimate of drug-likeness (QED) is 0.771. The number of para-hydroxylation sites is 1. The number of rotatable bonds is 3. The molecule has 0 fully saturated rings. The average molecular weight is 245 g/mol. The molecule has 0 saturated carbocycles. The van der Waals surface area contributed by atoms with E-state index in [0.29, 0.717) is 0 Å². The zero-order valence-corrected chi connectivity index (χ0v) is 11.0. The van der Waals surface area contributed by atoms with Crippen LogP contribution in [0.3, 0.4) is 0 Å². The van der Waals surface area contributed by atoms with Crippen molar-refractivity contribution in [3.05, 3.63) is 66.2 Å². The van der Waals surface area contributed by atoms with Gasteiger partial charge in [0.1, 0.15) is 0 Å². The molecule has 0 aliphatic heterocycles. The van der Waals surface area contributed by atoms with Crippen LogP contribution < -0.4 is 5.23 Å². The molecule has 0 spiro atoms. The highest BCUT2D eigenvalue weighted by molar-refractivity contribution is 5.40. The predicted octanol–water partition coefficient (Wildman–Crippen LogP) is 3.61. The molecule has 96 valence electrons. The molecule has 0 aliphatic carbocycles. The summed E-state index contributed by atoms with van der Waals surface area (Å²) >= 11 is 0. The summed E-state index contributed by atoms with van der Waals surface area (Å²) in [5, 5.41) is 1.33. The van der Waals surface area contributed by atoms with Crippen molar-refractivity contribution in [3.8, 4) is 0 Å². The average Bonchev–Trinajstić information content (AvgIpc) is 2.43. The van der Waals surface area contributed by atoms with Gasteiger partial charge in [0.25, 0.3) is 0 Å². The molecule has 0 radical (unpaired) electrons. The molecule has 0 atom stereocenters. The minimum absolute atomic E-state index is 0.873. The molecular formula is C15H19NO2. The van der Waals surface area contributed by atoms with Gasteiger partial charge >= 0.3 is 0 Å². The monoisotopic (exact) mass is 245 g/mol. The summed E-state index contributed by atoms with van der Waals surface area (Å²) in [5.41, 5.74) is 2.19. The Balaban J connectivity index is 0.000000199. The van der Waals surface area contributed by atoms with Crippen LogP contribution in [0.5, 0.6) is 0 Å². The van der Waals surface area contributed by atoms with E-state index in [1.807, 2.05) is 48.5 Å². The summed E-state index contributed by atoms with van der Waals surface area (Å²) in [5.74, 6) is 0. The van der Waals surface area contributed by atoms with Crippen molar-refractivity contribution in [2.45, 2.75) is 6.92 Å². The predicted molar refractivity (Wildman–Crippen MR) is 74.1 cm³/mol. The van der Waals surface area contributed by atoms with Crippen molar-refractivity contribution in [3.63, 3.8) is 0 Å². The molecule has 2 aromatic carbocycles. The third kappa shape index (κ3) is 4.99. The first kappa shape index (κ1) is 14.2. The van der Waals surface area contributed by atoms with E-state index in [1.165, 1.54) is 10.8 Å². The van der Waals surface area contributed by atoms with E-state index in [9.17, 15) is 0 Å². The van der Waals surface area contributed by atoms with E-state index in [1.54, 1.807) is 14.2 Å². The van der Waals surface area contributed by atoms with Crippen LogP contribution in [-0.4, -0.2) is 14.2 Å². The maximum absolute atomic E-state index is 4.90. The first-order valence-corrected chi connectivity index (χ1v) is 5.73. The van der Waals surface area contributed by atoms with E-state index in [4.69, 9.17) is 9.68 Å². The molecule has 0 aromatic heterocycles. The van der Waals surface area contributed by atoms with E-state index < -0.39 is 0 Å². The lowest BCUT2D eigenvalue weighted by molar-refractivity contribution is -0.0433. The lowest BCUT2D eigenvalue weighted by Gasteiger charge is -2.17. The zero-order chi connectivity index (χ0) is 13.2. The van der Waals surface area contributed by atoms with Crippen LogP contribution in [0.4, 0.5) is 5.69 Å². The molecule has 0 unspecified atom stereocenters. The zero-order valence-electron chi connectivity index (χ0n) is 11.0. The molecule has 0 heterocycles. The van der Waals surface area contributed by atoms with Gasteiger partial charge in [-0.1, -0.05) is 54.1 Å². The highest BCUT2D eigenvalue weighted by Crippen LogP contribution is 2.11. The van der Waals surface area contributed by atoms with Crippen LogP contribution >= 0.6 is 0 Å². The Bertz CT molecular complexity index is 413. The Labute approximate surface area is 108 Å².